The molecule has 1 atom stereocenters. The van der Waals surface area contributed by atoms with Crippen molar-refractivity contribution in [2.45, 2.75) is 19.4 Å². The van der Waals surface area contributed by atoms with Crippen LogP contribution in [0, 0.1) is 0 Å². The van der Waals surface area contributed by atoms with Crippen molar-refractivity contribution in [1.29, 1.82) is 0 Å². The summed E-state index contributed by atoms with van der Waals surface area (Å²) < 4.78 is 5.27. The summed E-state index contributed by atoms with van der Waals surface area (Å²) in [6, 6.07) is 24.7. The summed E-state index contributed by atoms with van der Waals surface area (Å²) >= 11 is 0. The average molecular weight is 443 g/mol. The first-order valence-electron chi connectivity index (χ1n) is 10.7. The first kappa shape index (κ1) is 22.1. The summed E-state index contributed by atoms with van der Waals surface area (Å²) in [6.45, 7) is 1.53. The highest BCUT2D eigenvalue weighted by molar-refractivity contribution is 6.03. The summed E-state index contributed by atoms with van der Waals surface area (Å²) in [5, 5.41) is 12.2. The number of anilines is 2. The Hall–Kier alpha value is -4.13. The van der Waals surface area contributed by atoms with Crippen LogP contribution in [0.15, 0.2) is 84.0 Å². The summed E-state index contributed by atoms with van der Waals surface area (Å²) in [7, 11) is 1.63. The Balaban J connectivity index is 1.53. The fraction of sp³-hybridized carbons (Fsp3) is 0.192. The van der Waals surface area contributed by atoms with Gasteiger partial charge in [-0.1, -0.05) is 48.5 Å². The highest BCUT2D eigenvalue weighted by Gasteiger charge is 2.32. The topological polar surface area (TPSA) is 83.0 Å². The van der Waals surface area contributed by atoms with Crippen LogP contribution in [0.2, 0.25) is 0 Å². The van der Waals surface area contributed by atoms with Crippen LogP contribution in [0.3, 0.4) is 0 Å². The Morgan fingerprint density at radius 2 is 1.73 bits per heavy atom. The minimum Gasteiger partial charge on any atom is -0.497 e. The van der Waals surface area contributed by atoms with Crippen molar-refractivity contribution >= 4 is 28.9 Å². The van der Waals surface area contributed by atoms with Crippen molar-refractivity contribution in [1.82, 2.24) is 5.01 Å². The third-order valence-corrected chi connectivity index (χ3v) is 5.40. The first-order valence-corrected chi connectivity index (χ1v) is 10.7. The monoisotopic (exact) mass is 442 g/mol. The summed E-state index contributed by atoms with van der Waals surface area (Å²) in [6.07, 6.45) is 0.625. The predicted molar refractivity (Wildman–Crippen MR) is 129 cm³/mol. The molecular formula is C26H26N4O3. The smallest absolute Gasteiger partial charge is 0.262 e. The molecule has 3 aromatic rings. The zero-order valence-corrected chi connectivity index (χ0v) is 18.6. The molecule has 3 aromatic carbocycles. The summed E-state index contributed by atoms with van der Waals surface area (Å²) in [4.78, 5) is 24.5. The number of hydrogen-bond acceptors (Lipinski definition) is 5. The van der Waals surface area contributed by atoms with Gasteiger partial charge in [0, 0.05) is 24.7 Å². The lowest BCUT2D eigenvalue weighted by atomic mass is 9.98. The molecule has 0 bridgehead atoms. The Morgan fingerprint density at radius 1 is 1.00 bits per heavy atom. The maximum absolute atomic E-state index is 13.2. The number of carbonyl (C=O) groups excluding carboxylic acids is 2. The van der Waals surface area contributed by atoms with Crippen LogP contribution in [-0.2, 0) is 9.59 Å². The summed E-state index contributed by atoms with van der Waals surface area (Å²) in [5.74, 6) is 0.469. The van der Waals surface area contributed by atoms with E-state index in [4.69, 9.17) is 9.84 Å². The Morgan fingerprint density at radius 3 is 2.42 bits per heavy atom. The third kappa shape index (κ3) is 5.38. The molecule has 1 heterocycles. The zero-order chi connectivity index (χ0) is 23.2. The van der Waals surface area contributed by atoms with E-state index in [2.05, 4.69) is 10.6 Å². The summed E-state index contributed by atoms with van der Waals surface area (Å²) in [5.41, 5.74) is 4.27. The van der Waals surface area contributed by atoms with Crippen LogP contribution in [-0.4, -0.2) is 36.2 Å². The van der Waals surface area contributed by atoms with Gasteiger partial charge >= 0.3 is 0 Å². The molecule has 0 saturated carbocycles. The van der Waals surface area contributed by atoms with Crippen LogP contribution >= 0.6 is 0 Å². The average Bonchev–Trinajstić information content (AvgIpc) is 3.29. The lowest BCUT2D eigenvalue weighted by molar-refractivity contribution is -0.131. The molecule has 4 rings (SSSR count). The van der Waals surface area contributed by atoms with Crippen LogP contribution in [0.4, 0.5) is 11.4 Å². The zero-order valence-electron chi connectivity index (χ0n) is 18.6. The maximum atomic E-state index is 13.2. The Bertz CT molecular complexity index is 1160. The van der Waals surface area contributed by atoms with Crippen molar-refractivity contribution < 1.29 is 14.3 Å². The maximum Gasteiger partial charge on any atom is 0.262 e. The molecule has 168 valence electrons. The number of nitrogens with zero attached hydrogens (tertiary/aromatic N) is 2. The molecule has 0 aromatic heterocycles. The largest absolute Gasteiger partial charge is 0.497 e. The minimum absolute atomic E-state index is 0.0712. The van der Waals surface area contributed by atoms with Gasteiger partial charge in [-0.3, -0.25) is 9.59 Å². The fourth-order valence-corrected chi connectivity index (χ4v) is 3.80. The van der Waals surface area contributed by atoms with E-state index in [1.54, 1.807) is 24.3 Å². The number of methoxy groups -OCH3 is 1. The molecule has 1 unspecified atom stereocenters. The normalized spacial score (nSPS) is 15.0. The van der Waals surface area contributed by atoms with Crippen molar-refractivity contribution in [3.63, 3.8) is 0 Å². The second-order valence-electron chi connectivity index (χ2n) is 7.76. The number of nitrogens with one attached hydrogen (secondary N) is 2. The second kappa shape index (κ2) is 9.99. The molecule has 1 aliphatic rings. The van der Waals surface area contributed by atoms with Gasteiger partial charge in [0.1, 0.15) is 5.75 Å². The molecule has 0 aliphatic carbocycles. The first-order chi connectivity index (χ1) is 16.0. The van der Waals surface area contributed by atoms with E-state index in [9.17, 15) is 9.59 Å². The molecular weight excluding hydrogens is 416 g/mol. The lowest BCUT2D eigenvalue weighted by Gasteiger charge is -2.22. The predicted octanol–water partition coefficient (Wildman–Crippen LogP) is 4.44. The van der Waals surface area contributed by atoms with Crippen molar-refractivity contribution in [2.75, 3.05) is 24.3 Å². The standard InChI is InChI=1S/C26H26N4O3/c1-18(31)28-22-10-6-9-21(15-22)27-17-26(32)30-25(20-11-13-23(33-2)14-12-20)16-24(29-30)19-7-4-3-5-8-19/h3-15,25,27H,16-17H2,1-2H3,(H,28,31). The SMILES string of the molecule is COc1ccc(C2CC(c3ccccc3)=NN2C(=O)CNc2cccc(NC(C)=O)c2)cc1. The fourth-order valence-electron chi connectivity index (χ4n) is 3.80. The van der Waals surface area contributed by atoms with Crippen molar-refractivity contribution in [2.24, 2.45) is 5.10 Å². The number of ether oxygens (including phenoxy) is 1. The van der Waals surface area contributed by atoms with Crippen molar-refractivity contribution in [3.8, 4) is 5.75 Å². The molecule has 2 N–H and O–H groups in total. The van der Waals surface area contributed by atoms with E-state index in [-0.39, 0.29) is 24.4 Å². The highest BCUT2D eigenvalue weighted by Crippen LogP contribution is 2.33. The van der Waals surface area contributed by atoms with E-state index in [0.29, 0.717) is 12.1 Å². The molecule has 2 amide bonds. The van der Waals surface area contributed by atoms with Gasteiger partial charge in [-0.2, -0.15) is 5.10 Å². The third-order valence-electron chi connectivity index (χ3n) is 5.40. The van der Waals surface area contributed by atoms with E-state index < -0.39 is 0 Å². The number of carbonyl (C=O) groups is 2. The number of rotatable bonds is 7. The van der Waals surface area contributed by atoms with Gasteiger partial charge in [0.05, 0.1) is 25.4 Å². The van der Waals surface area contributed by atoms with Gasteiger partial charge in [0.25, 0.3) is 5.91 Å². The van der Waals surface area contributed by atoms with E-state index in [1.165, 1.54) is 6.92 Å². The number of hydrogen-bond donors (Lipinski definition) is 2. The van der Waals surface area contributed by atoms with Gasteiger partial charge in [-0.15, -0.1) is 0 Å². The highest BCUT2D eigenvalue weighted by atomic mass is 16.5. The molecule has 7 heteroatoms. The molecule has 0 spiro atoms. The van der Waals surface area contributed by atoms with Crippen LogP contribution in [0.5, 0.6) is 5.75 Å². The van der Waals surface area contributed by atoms with Gasteiger partial charge in [-0.05, 0) is 41.5 Å². The molecule has 33 heavy (non-hydrogen) atoms. The van der Waals surface area contributed by atoms with Gasteiger partial charge in [0.2, 0.25) is 5.91 Å². The van der Waals surface area contributed by atoms with Crippen molar-refractivity contribution in [3.05, 3.63) is 90.0 Å². The number of amides is 2. The number of benzene rings is 3. The number of hydrazone groups is 1. The lowest BCUT2D eigenvalue weighted by Crippen LogP contribution is -2.32. The van der Waals surface area contributed by atoms with E-state index in [1.807, 2.05) is 66.7 Å². The molecule has 0 radical (unpaired) electrons. The van der Waals surface area contributed by atoms with E-state index in [0.717, 1.165) is 28.3 Å². The minimum atomic E-state index is -0.203. The van der Waals surface area contributed by atoms with Gasteiger partial charge < -0.3 is 15.4 Å². The molecule has 0 saturated heterocycles. The van der Waals surface area contributed by atoms with Crippen LogP contribution < -0.4 is 15.4 Å². The van der Waals surface area contributed by atoms with Crippen LogP contribution in [0.1, 0.15) is 30.5 Å². The second-order valence-corrected chi connectivity index (χ2v) is 7.76. The quantitative estimate of drug-likeness (QED) is 0.567. The Labute approximate surface area is 193 Å². The van der Waals surface area contributed by atoms with E-state index >= 15 is 0 Å². The van der Waals surface area contributed by atoms with Gasteiger partial charge in [-0.25, -0.2) is 5.01 Å². The molecule has 1 aliphatic heterocycles. The molecule has 7 nitrogen and oxygen atoms in total. The molecule has 0 fully saturated rings. The Kier molecular flexibility index (Phi) is 6.69. The van der Waals surface area contributed by atoms with Crippen LogP contribution in [0.25, 0.3) is 0 Å². The van der Waals surface area contributed by atoms with Gasteiger partial charge in [0.15, 0.2) is 0 Å².